The Morgan fingerprint density at radius 3 is 2.89 bits per heavy atom. The van der Waals surface area contributed by atoms with Gasteiger partial charge in [0.2, 0.25) is 0 Å². The molecule has 2 aliphatic rings. The number of fused-ring (bicyclic) bond motifs is 4. The zero-order valence-electron chi connectivity index (χ0n) is 10.1. The lowest BCUT2D eigenvalue weighted by Gasteiger charge is -2.03. The quantitative estimate of drug-likeness (QED) is 0.710. The summed E-state index contributed by atoms with van der Waals surface area (Å²) in [6.45, 7) is 0. The van der Waals surface area contributed by atoms with Gasteiger partial charge in [-0.1, -0.05) is 18.2 Å². The summed E-state index contributed by atoms with van der Waals surface area (Å²) in [5.41, 5.74) is 4.05. The number of aromatic nitrogens is 1. The van der Waals surface area contributed by atoms with Gasteiger partial charge in [0.25, 0.3) is 0 Å². The number of allylic oxidation sites excluding steroid dienone is 1. The number of hydrogen-bond donors (Lipinski definition) is 0. The molecule has 4 rings (SSSR count). The monoisotopic (exact) mass is 246 g/mol. The molecule has 0 N–H and O–H groups in total. The van der Waals surface area contributed by atoms with E-state index < -0.39 is 0 Å². The molecule has 2 aromatic rings. The fourth-order valence-corrected chi connectivity index (χ4v) is 2.33. The summed E-state index contributed by atoms with van der Waals surface area (Å²) >= 11 is 0. The lowest BCUT2D eigenvalue weighted by molar-refractivity contribution is 0.462. The smallest absolute Gasteiger partial charge is 0.100 e. The minimum atomic E-state index is 0.932. The van der Waals surface area contributed by atoms with Crippen molar-refractivity contribution < 1.29 is 4.74 Å². The number of nitrogens with zero attached hydrogens (tertiary/aromatic N) is 2. The second-order valence-electron chi connectivity index (χ2n) is 4.45. The summed E-state index contributed by atoms with van der Waals surface area (Å²) in [6.07, 6.45) is 9.09. The first-order chi connectivity index (χ1) is 9.42. The van der Waals surface area contributed by atoms with Crippen molar-refractivity contribution in [3.05, 3.63) is 65.0 Å². The van der Waals surface area contributed by atoms with Crippen LogP contribution in [0.2, 0.25) is 0 Å². The molecule has 2 aliphatic heterocycles. The Morgan fingerprint density at radius 2 is 1.89 bits per heavy atom. The molecule has 0 unspecified atom stereocenters. The SMILES string of the molecule is C1=C2C(=Nc3ccccc32)C=c2ccncc2=CO1. The van der Waals surface area contributed by atoms with Gasteiger partial charge in [0, 0.05) is 28.7 Å². The van der Waals surface area contributed by atoms with E-state index in [0.29, 0.717) is 0 Å². The van der Waals surface area contributed by atoms with Crippen molar-refractivity contribution in [3.8, 4) is 0 Å². The molecule has 0 spiro atoms. The number of aliphatic imine (C=N–C) groups is 1. The predicted octanol–water partition coefficient (Wildman–Crippen LogP) is 1.76. The number of pyridine rings is 1. The van der Waals surface area contributed by atoms with Crippen LogP contribution in [0, 0.1) is 0 Å². The largest absolute Gasteiger partial charge is 0.471 e. The van der Waals surface area contributed by atoms with Crippen LogP contribution in [0.1, 0.15) is 5.56 Å². The Balaban J connectivity index is 2.00. The topological polar surface area (TPSA) is 34.5 Å². The number of rotatable bonds is 0. The molecule has 0 aliphatic carbocycles. The Kier molecular flexibility index (Phi) is 2.12. The Morgan fingerprint density at radius 1 is 0.947 bits per heavy atom. The fourth-order valence-electron chi connectivity index (χ4n) is 2.33. The van der Waals surface area contributed by atoms with Gasteiger partial charge in [0.15, 0.2) is 0 Å². The van der Waals surface area contributed by atoms with Crippen molar-refractivity contribution in [1.29, 1.82) is 0 Å². The maximum absolute atomic E-state index is 5.54. The van der Waals surface area contributed by atoms with E-state index in [-0.39, 0.29) is 0 Å². The molecule has 3 heterocycles. The summed E-state index contributed by atoms with van der Waals surface area (Å²) in [6, 6.07) is 10.0. The molecular formula is C16H10N2O. The minimum Gasteiger partial charge on any atom is -0.471 e. The van der Waals surface area contributed by atoms with Crippen molar-refractivity contribution in [1.82, 2.24) is 4.98 Å². The lowest BCUT2D eigenvalue weighted by atomic mass is 10.0. The molecular weight excluding hydrogens is 236 g/mol. The van der Waals surface area contributed by atoms with Gasteiger partial charge in [-0.3, -0.25) is 4.98 Å². The average molecular weight is 246 g/mol. The molecule has 19 heavy (non-hydrogen) atoms. The van der Waals surface area contributed by atoms with Gasteiger partial charge in [-0.2, -0.15) is 0 Å². The van der Waals surface area contributed by atoms with Crippen LogP contribution in [0.25, 0.3) is 17.9 Å². The second kappa shape index (κ2) is 3.92. The summed E-state index contributed by atoms with van der Waals surface area (Å²) in [5.74, 6) is 0. The fraction of sp³-hybridized carbons (Fsp3) is 0. The van der Waals surface area contributed by atoms with E-state index in [9.17, 15) is 0 Å². The Bertz CT molecular complexity index is 847. The highest BCUT2D eigenvalue weighted by Crippen LogP contribution is 2.35. The zero-order valence-corrected chi connectivity index (χ0v) is 10.1. The van der Waals surface area contributed by atoms with E-state index in [1.165, 1.54) is 0 Å². The number of ether oxygens (including phenoxy) is 1. The maximum Gasteiger partial charge on any atom is 0.100 e. The third kappa shape index (κ3) is 1.59. The number of para-hydroxylation sites is 1. The van der Waals surface area contributed by atoms with E-state index in [2.05, 4.69) is 22.1 Å². The third-order valence-electron chi connectivity index (χ3n) is 3.27. The lowest BCUT2D eigenvalue weighted by Crippen LogP contribution is -2.27. The first-order valence-corrected chi connectivity index (χ1v) is 6.08. The van der Waals surface area contributed by atoms with Crippen molar-refractivity contribution in [2.24, 2.45) is 4.99 Å². The molecule has 90 valence electrons. The summed E-state index contributed by atoms with van der Waals surface area (Å²) < 4.78 is 5.54. The van der Waals surface area contributed by atoms with Gasteiger partial charge in [0.05, 0.1) is 17.7 Å². The van der Waals surface area contributed by atoms with E-state index >= 15 is 0 Å². The highest BCUT2D eigenvalue weighted by Gasteiger charge is 2.19. The first kappa shape index (κ1) is 10.3. The van der Waals surface area contributed by atoms with Gasteiger partial charge >= 0.3 is 0 Å². The molecule has 3 heteroatoms. The normalized spacial score (nSPS) is 15.2. The Hall–Kier alpha value is -2.68. The summed E-state index contributed by atoms with van der Waals surface area (Å²) in [5, 5.41) is 2.02. The molecule has 0 fully saturated rings. The third-order valence-corrected chi connectivity index (χ3v) is 3.27. The van der Waals surface area contributed by atoms with Gasteiger partial charge in [-0.05, 0) is 23.4 Å². The van der Waals surface area contributed by atoms with Crippen LogP contribution in [0.15, 0.2) is 54.0 Å². The molecule has 0 saturated heterocycles. The van der Waals surface area contributed by atoms with Crippen LogP contribution in [0.5, 0.6) is 0 Å². The van der Waals surface area contributed by atoms with Crippen LogP contribution in [0.4, 0.5) is 5.69 Å². The number of benzene rings is 1. The molecule has 1 aromatic heterocycles. The van der Waals surface area contributed by atoms with Crippen molar-refractivity contribution in [2.75, 3.05) is 0 Å². The minimum absolute atomic E-state index is 0.932. The molecule has 1 aromatic carbocycles. The highest BCUT2D eigenvalue weighted by molar-refractivity contribution is 6.41. The molecule has 0 atom stereocenters. The molecule has 0 radical (unpaired) electrons. The first-order valence-electron chi connectivity index (χ1n) is 6.08. The van der Waals surface area contributed by atoms with Crippen molar-refractivity contribution in [3.63, 3.8) is 0 Å². The van der Waals surface area contributed by atoms with Crippen molar-refractivity contribution >= 4 is 29.3 Å². The molecule has 0 bridgehead atoms. The number of hydrogen-bond acceptors (Lipinski definition) is 3. The van der Waals surface area contributed by atoms with Crippen LogP contribution >= 0.6 is 0 Å². The predicted molar refractivity (Wildman–Crippen MR) is 75.0 cm³/mol. The molecule has 3 nitrogen and oxygen atoms in total. The van der Waals surface area contributed by atoms with Crippen molar-refractivity contribution in [2.45, 2.75) is 0 Å². The Labute approximate surface area is 109 Å². The maximum atomic E-state index is 5.54. The highest BCUT2D eigenvalue weighted by atomic mass is 16.5. The zero-order chi connectivity index (χ0) is 12.7. The van der Waals surface area contributed by atoms with E-state index in [1.54, 1.807) is 24.9 Å². The van der Waals surface area contributed by atoms with Gasteiger partial charge in [-0.25, -0.2) is 4.99 Å². The standard InChI is InChI=1S/C16H10N2O/c1-2-4-15-13(3-1)14-10-19-9-12-8-17-6-5-11(12)7-16(14)18-15/h1-10H. The molecule has 0 saturated carbocycles. The van der Waals surface area contributed by atoms with E-state index in [4.69, 9.17) is 4.74 Å². The van der Waals surface area contributed by atoms with E-state index in [1.807, 2.05) is 24.3 Å². The summed E-state index contributed by atoms with van der Waals surface area (Å²) in [7, 11) is 0. The average Bonchev–Trinajstić information content (AvgIpc) is 2.76. The van der Waals surface area contributed by atoms with Crippen LogP contribution in [-0.2, 0) is 4.74 Å². The van der Waals surface area contributed by atoms with E-state index in [0.717, 1.165) is 33.0 Å². The van der Waals surface area contributed by atoms with Crippen LogP contribution in [-0.4, -0.2) is 10.7 Å². The second-order valence-corrected chi connectivity index (χ2v) is 4.45. The van der Waals surface area contributed by atoms with Crippen LogP contribution in [0.3, 0.4) is 0 Å². The van der Waals surface area contributed by atoms with Crippen LogP contribution < -0.4 is 10.4 Å². The summed E-state index contributed by atoms with van der Waals surface area (Å²) in [4.78, 5) is 8.76. The van der Waals surface area contributed by atoms with Gasteiger partial charge in [0.1, 0.15) is 6.26 Å². The molecule has 0 amide bonds. The van der Waals surface area contributed by atoms with Gasteiger partial charge < -0.3 is 4.74 Å². The van der Waals surface area contributed by atoms with Gasteiger partial charge in [-0.15, -0.1) is 0 Å².